The Bertz CT molecular complexity index is 1300. The lowest BCUT2D eigenvalue weighted by molar-refractivity contribution is -0.144. The minimum absolute atomic E-state index is 0.114. The SMILES string of the molecule is COC(=O)C/C(C(=O)OC)=C(C(=O)OC)\C(C(=O)OC)=C1\CCCCCCCc2c1n(C)c1ccccc21. The molecule has 0 N–H and O–H groups in total. The second-order valence-electron chi connectivity index (χ2n) is 9.11. The van der Waals surface area contributed by atoms with Gasteiger partial charge in [-0.2, -0.15) is 0 Å². The standard InChI is InChI=1S/C29H35NO8/c1-30-22-16-12-11-13-18(22)19-14-9-7-6-8-10-15-20(26(19)30)24(28(33)37-4)25(29(34)38-5)21(27(32)36-3)17-23(31)35-2/h11-13,16H,6-10,14-15,17H2,1-5H3/b24-20+,25-21-. The summed E-state index contributed by atoms with van der Waals surface area (Å²) in [6, 6.07) is 7.97. The summed E-state index contributed by atoms with van der Waals surface area (Å²) in [6.07, 6.45) is 5.39. The number of allylic oxidation sites excluding steroid dienone is 1. The predicted molar refractivity (Wildman–Crippen MR) is 141 cm³/mol. The van der Waals surface area contributed by atoms with E-state index in [9.17, 15) is 19.2 Å². The number of benzene rings is 1. The van der Waals surface area contributed by atoms with Crippen LogP contribution in [0.15, 0.2) is 41.0 Å². The number of carbonyl (C=O) groups excluding carboxylic acids is 4. The number of ether oxygens (including phenoxy) is 4. The van der Waals surface area contributed by atoms with Crippen LogP contribution in [0.5, 0.6) is 0 Å². The van der Waals surface area contributed by atoms with E-state index in [1.165, 1.54) is 7.11 Å². The van der Waals surface area contributed by atoms with Crippen molar-refractivity contribution in [2.75, 3.05) is 28.4 Å². The third-order valence-corrected chi connectivity index (χ3v) is 6.96. The van der Waals surface area contributed by atoms with Crippen LogP contribution in [0.3, 0.4) is 0 Å². The molecule has 3 rings (SSSR count). The number of hydrogen-bond acceptors (Lipinski definition) is 8. The van der Waals surface area contributed by atoms with Crippen LogP contribution in [0.2, 0.25) is 0 Å². The molecule has 9 heteroatoms. The molecule has 1 aliphatic carbocycles. The summed E-state index contributed by atoms with van der Waals surface area (Å²) in [5, 5.41) is 1.05. The van der Waals surface area contributed by atoms with Crippen LogP contribution in [-0.4, -0.2) is 56.9 Å². The molecule has 1 aromatic carbocycles. The molecule has 0 unspecified atom stereocenters. The number of nitrogens with zero attached hydrogens (tertiary/aromatic N) is 1. The van der Waals surface area contributed by atoms with E-state index >= 15 is 0 Å². The lowest BCUT2D eigenvalue weighted by atomic mass is 9.86. The van der Waals surface area contributed by atoms with Gasteiger partial charge in [0, 0.05) is 23.6 Å². The number of aromatic nitrogens is 1. The fourth-order valence-electron chi connectivity index (χ4n) is 5.16. The van der Waals surface area contributed by atoms with Crippen molar-refractivity contribution in [3.05, 3.63) is 52.2 Å². The fourth-order valence-corrected chi connectivity index (χ4v) is 5.16. The molecule has 0 saturated heterocycles. The van der Waals surface area contributed by atoms with Gasteiger partial charge in [-0.15, -0.1) is 0 Å². The van der Waals surface area contributed by atoms with Gasteiger partial charge < -0.3 is 23.5 Å². The number of fused-ring (bicyclic) bond motifs is 3. The molecule has 9 nitrogen and oxygen atoms in total. The molecule has 204 valence electrons. The maximum Gasteiger partial charge on any atom is 0.339 e. The molecule has 0 atom stereocenters. The van der Waals surface area contributed by atoms with Crippen LogP contribution >= 0.6 is 0 Å². The van der Waals surface area contributed by atoms with Crippen LogP contribution in [0.25, 0.3) is 16.5 Å². The number of esters is 4. The molecule has 0 fully saturated rings. The second kappa shape index (κ2) is 13.1. The average Bonchev–Trinajstić information content (AvgIpc) is 3.22. The molecule has 1 aliphatic rings. The third kappa shape index (κ3) is 5.82. The van der Waals surface area contributed by atoms with E-state index in [2.05, 4.69) is 0 Å². The maximum absolute atomic E-state index is 13.5. The zero-order valence-corrected chi connectivity index (χ0v) is 22.7. The van der Waals surface area contributed by atoms with Crippen molar-refractivity contribution < 1.29 is 38.1 Å². The van der Waals surface area contributed by atoms with Gasteiger partial charge in [0.15, 0.2) is 0 Å². The van der Waals surface area contributed by atoms with Gasteiger partial charge in [0.1, 0.15) is 0 Å². The van der Waals surface area contributed by atoms with Gasteiger partial charge in [0.2, 0.25) is 0 Å². The van der Waals surface area contributed by atoms with Crippen LogP contribution in [0, 0.1) is 0 Å². The van der Waals surface area contributed by atoms with Crippen LogP contribution < -0.4 is 0 Å². The van der Waals surface area contributed by atoms with E-state index in [0.717, 1.165) is 82.0 Å². The Morgan fingerprint density at radius 3 is 2.00 bits per heavy atom. The maximum atomic E-state index is 13.5. The predicted octanol–water partition coefficient (Wildman–Crippen LogP) is 4.21. The Balaban J connectivity index is 2.54. The summed E-state index contributed by atoms with van der Waals surface area (Å²) in [7, 11) is 6.56. The van der Waals surface area contributed by atoms with Crippen LogP contribution in [0.4, 0.5) is 0 Å². The van der Waals surface area contributed by atoms with Gasteiger partial charge in [-0.25, -0.2) is 14.4 Å². The first-order valence-electron chi connectivity index (χ1n) is 12.7. The van der Waals surface area contributed by atoms with Gasteiger partial charge >= 0.3 is 23.9 Å². The number of carbonyl (C=O) groups is 4. The number of rotatable bonds is 6. The minimum Gasteiger partial charge on any atom is -0.469 e. The van der Waals surface area contributed by atoms with Crippen LogP contribution in [-0.2, 0) is 51.6 Å². The average molecular weight is 526 g/mol. The highest BCUT2D eigenvalue weighted by atomic mass is 16.5. The number of aryl methyl sites for hydroxylation is 2. The normalized spacial score (nSPS) is 16.0. The third-order valence-electron chi connectivity index (χ3n) is 6.96. The molecule has 1 heterocycles. The number of para-hydroxylation sites is 1. The van der Waals surface area contributed by atoms with Gasteiger partial charge in [0.25, 0.3) is 0 Å². The van der Waals surface area contributed by atoms with E-state index in [1.54, 1.807) is 0 Å². The highest BCUT2D eigenvalue weighted by molar-refractivity contribution is 6.17. The molecule has 0 bridgehead atoms. The summed E-state index contributed by atoms with van der Waals surface area (Å²) in [5.74, 6) is -3.51. The first-order valence-corrected chi connectivity index (χ1v) is 12.7. The summed E-state index contributed by atoms with van der Waals surface area (Å²) < 4.78 is 21.9. The Labute approximate surface area is 222 Å². The van der Waals surface area contributed by atoms with E-state index in [1.807, 2.05) is 35.9 Å². The summed E-state index contributed by atoms with van der Waals surface area (Å²) in [5.41, 5.74) is 2.56. The van der Waals surface area contributed by atoms with Gasteiger partial charge in [-0.1, -0.05) is 37.5 Å². The van der Waals surface area contributed by atoms with Gasteiger partial charge in [0.05, 0.1) is 51.6 Å². The monoisotopic (exact) mass is 525 g/mol. The zero-order chi connectivity index (χ0) is 27.8. The van der Waals surface area contributed by atoms with Crippen LogP contribution in [0.1, 0.15) is 56.2 Å². The molecule has 0 aliphatic heterocycles. The number of methoxy groups -OCH3 is 4. The van der Waals surface area contributed by atoms with E-state index < -0.39 is 30.3 Å². The second-order valence-corrected chi connectivity index (χ2v) is 9.11. The van der Waals surface area contributed by atoms with E-state index in [0.29, 0.717) is 12.0 Å². The topological polar surface area (TPSA) is 110 Å². The Morgan fingerprint density at radius 2 is 1.37 bits per heavy atom. The highest BCUT2D eigenvalue weighted by Crippen LogP contribution is 2.39. The zero-order valence-electron chi connectivity index (χ0n) is 22.7. The molecular formula is C29H35NO8. The van der Waals surface area contributed by atoms with Crippen molar-refractivity contribution in [2.24, 2.45) is 7.05 Å². The summed E-state index contributed by atoms with van der Waals surface area (Å²) in [4.78, 5) is 52.1. The lowest BCUT2D eigenvalue weighted by Crippen LogP contribution is -2.24. The largest absolute Gasteiger partial charge is 0.469 e. The summed E-state index contributed by atoms with van der Waals surface area (Å²) in [6.45, 7) is 0. The van der Waals surface area contributed by atoms with Crippen molar-refractivity contribution in [3.63, 3.8) is 0 Å². The lowest BCUT2D eigenvalue weighted by Gasteiger charge is -2.21. The van der Waals surface area contributed by atoms with Crippen molar-refractivity contribution in [1.82, 2.24) is 4.57 Å². The Kier molecular flexibility index (Phi) is 9.87. The van der Waals surface area contributed by atoms with Crippen molar-refractivity contribution >= 4 is 40.4 Å². The molecule has 0 radical (unpaired) electrons. The van der Waals surface area contributed by atoms with Crippen molar-refractivity contribution in [3.8, 4) is 0 Å². The van der Waals surface area contributed by atoms with Gasteiger partial charge in [-0.05, 0) is 42.9 Å². The first-order chi connectivity index (χ1) is 18.3. The molecule has 2 aromatic rings. The molecule has 0 spiro atoms. The molecule has 38 heavy (non-hydrogen) atoms. The number of hydrogen-bond donors (Lipinski definition) is 0. The molecular weight excluding hydrogens is 490 g/mol. The summed E-state index contributed by atoms with van der Waals surface area (Å²) >= 11 is 0. The van der Waals surface area contributed by atoms with Crippen molar-refractivity contribution in [1.29, 1.82) is 0 Å². The van der Waals surface area contributed by atoms with Crippen molar-refractivity contribution in [2.45, 2.75) is 51.4 Å². The van der Waals surface area contributed by atoms with E-state index in [-0.39, 0.29) is 16.7 Å². The molecule has 1 aromatic heterocycles. The van der Waals surface area contributed by atoms with E-state index in [4.69, 9.17) is 18.9 Å². The molecule has 0 amide bonds. The smallest absolute Gasteiger partial charge is 0.339 e. The van der Waals surface area contributed by atoms with Gasteiger partial charge in [-0.3, -0.25) is 4.79 Å². The minimum atomic E-state index is -0.959. The molecule has 0 saturated carbocycles. The Hall–Kier alpha value is -3.88. The quantitative estimate of drug-likeness (QED) is 0.313. The first kappa shape index (κ1) is 28.7. The fraction of sp³-hybridized carbons (Fsp3) is 0.448. The Morgan fingerprint density at radius 1 is 0.763 bits per heavy atom. The highest BCUT2D eigenvalue weighted by Gasteiger charge is 2.35.